The normalized spacial score (nSPS) is 11.7. The first-order valence-electron chi connectivity index (χ1n) is 13.8. The van der Waals surface area contributed by atoms with Crippen LogP contribution in [0.1, 0.15) is 29.3 Å². The van der Waals surface area contributed by atoms with E-state index in [-0.39, 0.29) is 0 Å². The first kappa shape index (κ1) is 30.4. The number of benzene rings is 4. The van der Waals surface area contributed by atoms with Crippen molar-refractivity contribution in [2.45, 2.75) is 19.5 Å². The van der Waals surface area contributed by atoms with Gasteiger partial charge in [-0.15, -0.1) is 0 Å². The van der Waals surface area contributed by atoms with Crippen molar-refractivity contribution < 1.29 is 18.9 Å². The number of aromatic nitrogens is 2. The second kappa shape index (κ2) is 13.2. The van der Waals surface area contributed by atoms with E-state index in [1.165, 1.54) is 23.1 Å². The molecule has 0 bridgehead atoms. The standard InChI is InChI=1S/C33H31ClN4O4S2/c1-18-21(8-6-10-25(18)35-30-23-16-19(32(39-2)40-3)12-14-27(23)43-37-30)22-9-7-11-26(29(22)34)36-31-24-17-20(33(41-4)42-5)13-15-28(24)44-38-31/h6-17,32-33H,1-5H3,(H,35,37)(H,36,38). The zero-order chi connectivity index (χ0) is 30.8. The molecule has 0 saturated carbocycles. The van der Waals surface area contributed by atoms with Gasteiger partial charge in [0.2, 0.25) is 0 Å². The summed E-state index contributed by atoms with van der Waals surface area (Å²) < 4.78 is 33.3. The first-order chi connectivity index (χ1) is 21.4. The van der Waals surface area contributed by atoms with E-state index in [9.17, 15) is 0 Å². The highest BCUT2D eigenvalue weighted by Gasteiger charge is 2.18. The molecule has 0 aliphatic heterocycles. The fourth-order valence-electron chi connectivity index (χ4n) is 5.28. The van der Waals surface area contributed by atoms with Crippen molar-refractivity contribution in [2.75, 3.05) is 39.1 Å². The van der Waals surface area contributed by atoms with E-state index in [4.69, 9.17) is 34.9 Å². The summed E-state index contributed by atoms with van der Waals surface area (Å²) in [6, 6.07) is 24.3. The van der Waals surface area contributed by atoms with Crippen LogP contribution in [-0.4, -0.2) is 37.2 Å². The minimum Gasteiger partial charge on any atom is -0.352 e. The van der Waals surface area contributed by atoms with Crippen LogP contribution < -0.4 is 10.6 Å². The number of halogens is 1. The quantitative estimate of drug-likeness (QED) is 0.135. The Hall–Kier alpha value is -3.61. The van der Waals surface area contributed by atoms with Crippen molar-refractivity contribution in [1.29, 1.82) is 0 Å². The minimum atomic E-state index is -0.458. The van der Waals surface area contributed by atoms with Crippen LogP contribution in [0.25, 0.3) is 31.3 Å². The number of nitrogens with zero attached hydrogens (tertiary/aromatic N) is 2. The predicted molar refractivity (Wildman–Crippen MR) is 181 cm³/mol. The molecule has 8 nitrogen and oxygen atoms in total. The maximum Gasteiger partial charge on any atom is 0.183 e. The largest absolute Gasteiger partial charge is 0.352 e. The van der Waals surface area contributed by atoms with Gasteiger partial charge in [-0.05, 0) is 77.5 Å². The van der Waals surface area contributed by atoms with Crippen LogP contribution in [0.4, 0.5) is 23.0 Å². The molecule has 2 N–H and O–H groups in total. The van der Waals surface area contributed by atoms with Crippen molar-refractivity contribution >= 4 is 77.8 Å². The van der Waals surface area contributed by atoms with Crippen molar-refractivity contribution in [3.63, 3.8) is 0 Å². The molecule has 2 heterocycles. The molecule has 0 fully saturated rings. The van der Waals surface area contributed by atoms with E-state index in [0.717, 1.165) is 71.0 Å². The molecular weight excluding hydrogens is 616 g/mol. The summed E-state index contributed by atoms with van der Waals surface area (Å²) in [5.41, 5.74) is 6.50. The van der Waals surface area contributed by atoms with E-state index in [1.807, 2.05) is 60.7 Å². The maximum atomic E-state index is 7.08. The fourth-order valence-corrected chi connectivity index (χ4v) is 6.99. The van der Waals surface area contributed by atoms with Crippen LogP contribution in [0, 0.1) is 6.92 Å². The van der Waals surface area contributed by atoms with Crippen molar-refractivity contribution in [3.8, 4) is 11.1 Å². The molecule has 2 aromatic heterocycles. The van der Waals surface area contributed by atoms with Gasteiger partial charge in [-0.2, -0.15) is 8.75 Å². The van der Waals surface area contributed by atoms with Gasteiger partial charge in [-0.25, -0.2) is 0 Å². The van der Waals surface area contributed by atoms with Gasteiger partial charge < -0.3 is 29.6 Å². The van der Waals surface area contributed by atoms with Crippen LogP contribution in [0.15, 0.2) is 72.8 Å². The Balaban J connectivity index is 1.31. The summed E-state index contributed by atoms with van der Waals surface area (Å²) in [5.74, 6) is 1.50. The van der Waals surface area contributed by atoms with Crippen molar-refractivity contribution in [1.82, 2.24) is 8.75 Å². The van der Waals surface area contributed by atoms with E-state index in [0.29, 0.717) is 5.02 Å². The predicted octanol–water partition coefficient (Wildman–Crippen LogP) is 9.60. The number of ether oxygens (including phenoxy) is 4. The number of rotatable bonds is 11. The highest BCUT2D eigenvalue weighted by atomic mass is 35.5. The van der Waals surface area contributed by atoms with Crippen molar-refractivity contribution in [3.05, 3.63) is 94.5 Å². The van der Waals surface area contributed by atoms with Gasteiger partial charge in [0.15, 0.2) is 24.2 Å². The Morgan fingerprint density at radius 3 is 1.64 bits per heavy atom. The lowest BCUT2D eigenvalue weighted by molar-refractivity contribution is -0.106. The maximum absolute atomic E-state index is 7.08. The average Bonchev–Trinajstić information content (AvgIpc) is 3.64. The SMILES string of the molecule is COC(OC)c1ccc2snc(Nc3cccc(-c4cccc(Nc5nsc6ccc(C(OC)OC)cc56)c4Cl)c3C)c2c1. The molecule has 0 spiro atoms. The molecule has 0 aliphatic carbocycles. The summed E-state index contributed by atoms with van der Waals surface area (Å²) in [6.45, 7) is 2.08. The summed E-state index contributed by atoms with van der Waals surface area (Å²) in [7, 11) is 6.50. The molecular formula is C33H31ClN4O4S2. The second-order valence-electron chi connectivity index (χ2n) is 10.1. The average molecular weight is 647 g/mol. The molecule has 44 heavy (non-hydrogen) atoms. The van der Waals surface area contributed by atoms with Gasteiger partial charge >= 0.3 is 0 Å². The van der Waals surface area contributed by atoms with E-state index >= 15 is 0 Å². The second-order valence-corrected chi connectivity index (χ2v) is 12.1. The van der Waals surface area contributed by atoms with Crippen LogP contribution in [0.5, 0.6) is 0 Å². The van der Waals surface area contributed by atoms with Gasteiger partial charge in [-0.1, -0.05) is 48.0 Å². The van der Waals surface area contributed by atoms with E-state index in [2.05, 4.69) is 34.1 Å². The van der Waals surface area contributed by atoms with Crippen molar-refractivity contribution in [2.24, 2.45) is 0 Å². The molecule has 0 atom stereocenters. The zero-order valence-corrected chi connectivity index (χ0v) is 27.2. The molecule has 6 aromatic rings. The Labute approximate surface area is 268 Å². The highest BCUT2D eigenvalue weighted by molar-refractivity contribution is 7.14. The highest BCUT2D eigenvalue weighted by Crippen LogP contribution is 2.41. The molecule has 6 rings (SSSR count). The molecule has 11 heteroatoms. The Bertz CT molecular complexity index is 1800. The Morgan fingerprint density at radius 1 is 0.636 bits per heavy atom. The molecule has 226 valence electrons. The van der Waals surface area contributed by atoms with Crippen LogP contribution in [-0.2, 0) is 18.9 Å². The third-order valence-corrected chi connectivity index (χ3v) is 9.58. The summed E-state index contributed by atoms with van der Waals surface area (Å²) in [4.78, 5) is 0. The molecule has 0 radical (unpaired) electrons. The number of hydrogen-bond acceptors (Lipinski definition) is 10. The number of anilines is 4. The third-order valence-electron chi connectivity index (χ3n) is 7.52. The lowest BCUT2D eigenvalue weighted by Crippen LogP contribution is -2.03. The van der Waals surface area contributed by atoms with Gasteiger partial charge in [0, 0.05) is 61.6 Å². The van der Waals surface area contributed by atoms with Gasteiger partial charge in [0.25, 0.3) is 0 Å². The number of methoxy groups -OCH3 is 4. The van der Waals surface area contributed by atoms with Crippen LogP contribution in [0.3, 0.4) is 0 Å². The van der Waals surface area contributed by atoms with E-state index in [1.54, 1.807) is 28.4 Å². The van der Waals surface area contributed by atoms with E-state index < -0.39 is 12.6 Å². The smallest absolute Gasteiger partial charge is 0.183 e. The lowest BCUT2D eigenvalue weighted by Gasteiger charge is -2.16. The molecule has 0 unspecified atom stereocenters. The van der Waals surface area contributed by atoms with Crippen LogP contribution >= 0.6 is 34.7 Å². The number of nitrogens with one attached hydrogen (secondary N) is 2. The molecule has 0 aliphatic rings. The molecule has 0 saturated heterocycles. The summed E-state index contributed by atoms with van der Waals surface area (Å²) in [6.07, 6.45) is -0.905. The molecule has 4 aromatic carbocycles. The fraction of sp³-hybridized carbons (Fsp3) is 0.212. The monoisotopic (exact) mass is 646 g/mol. The Morgan fingerprint density at radius 2 is 1.11 bits per heavy atom. The zero-order valence-electron chi connectivity index (χ0n) is 24.8. The number of hydrogen-bond donors (Lipinski definition) is 2. The third kappa shape index (κ3) is 5.78. The topological polar surface area (TPSA) is 86.8 Å². The van der Waals surface area contributed by atoms with Gasteiger partial charge in [0.05, 0.1) is 20.1 Å². The summed E-state index contributed by atoms with van der Waals surface area (Å²) in [5, 5.41) is 9.59. The summed E-state index contributed by atoms with van der Waals surface area (Å²) >= 11 is 9.94. The number of fused-ring (bicyclic) bond motifs is 2. The van der Waals surface area contributed by atoms with Gasteiger partial charge in [0.1, 0.15) is 0 Å². The molecule has 0 amide bonds. The Kier molecular flexibility index (Phi) is 9.11. The van der Waals surface area contributed by atoms with Crippen LogP contribution in [0.2, 0.25) is 5.02 Å². The van der Waals surface area contributed by atoms with Gasteiger partial charge in [-0.3, -0.25) is 0 Å². The minimum absolute atomic E-state index is 0.447. The first-order valence-corrected chi connectivity index (χ1v) is 15.7. The lowest BCUT2D eigenvalue weighted by atomic mass is 9.98.